The molecule has 0 atom stereocenters. The van der Waals surface area contributed by atoms with E-state index >= 15 is 0 Å². The first-order valence-electron chi connectivity index (χ1n) is 10.3. The molecule has 0 N–H and O–H groups in total. The molecule has 166 valence electrons. The van der Waals surface area contributed by atoms with Crippen molar-refractivity contribution in [1.82, 2.24) is 4.90 Å². The molecule has 0 radical (unpaired) electrons. The number of ether oxygens (including phenoxy) is 2. The van der Waals surface area contributed by atoms with Gasteiger partial charge in [-0.15, -0.1) is 0 Å². The minimum Gasteiger partial charge on any atom is -0.550 e. The molecule has 8 nitrogen and oxygen atoms in total. The predicted molar refractivity (Wildman–Crippen MR) is 114 cm³/mol. The van der Waals surface area contributed by atoms with Crippen LogP contribution >= 0.6 is 0 Å². The number of nitrogens with zero attached hydrogens (tertiary/aromatic N) is 1. The molecule has 1 fully saturated rings. The van der Waals surface area contributed by atoms with Gasteiger partial charge in [0.2, 0.25) is 0 Å². The van der Waals surface area contributed by atoms with Crippen LogP contribution < -0.4 is 20.2 Å². The van der Waals surface area contributed by atoms with Crippen molar-refractivity contribution in [3.63, 3.8) is 0 Å². The first-order chi connectivity index (χ1) is 15.4. The SMILES string of the molecule is COc1ccc(-c2cc(=O)oc3cc(OCC(=O)N4CCC(C(=O)[O-])CC4)ccc23)cc1. The van der Waals surface area contributed by atoms with Crippen LogP contribution in [0.2, 0.25) is 0 Å². The third-order valence-electron chi connectivity index (χ3n) is 5.66. The summed E-state index contributed by atoms with van der Waals surface area (Å²) in [5.74, 6) is -0.700. The standard InChI is InChI=1S/C24H23NO7/c1-30-17-4-2-15(3-5-17)20-13-23(27)32-21-12-18(6-7-19(20)21)31-14-22(26)25-10-8-16(9-11-25)24(28)29/h2-7,12-13,16H,8-11,14H2,1H3,(H,28,29)/p-1. The number of carbonyl (C=O) groups is 2. The van der Waals surface area contributed by atoms with Crippen LogP contribution in [0.1, 0.15) is 12.8 Å². The number of carboxylic acids is 1. The van der Waals surface area contributed by atoms with Crippen LogP contribution in [0.25, 0.3) is 22.1 Å². The van der Waals surface area contributed by atoms with Gasteiger partial charge in [-0.1, -0.05) is 12.1 Å². The van der Waals surface area contributed by atoms with E-state index in [0.717, 1.165) is 16.5 Å². The van der Waals surface area contributed by atoms with Gasteiger partial charge in [-0.05, 0) is 48.2 Å². The van der Waals surface area contributed by atoms with Crippen molar-refractivity contribution in [3.05, 3.63) is 59.0 Å². The Bertz CT molecular complexity index is 1190. The number of hydrogen-bond donors (Lipinski definition) is 0. The molecule has 32 heavy (non-hydrogen) atoms. The second-order valence-electron chi connectivity index (χ2n) is 7.63. The first kappa shape index (κ1) is 21.4. The fourth-order valence-electron chi connectivity index (χ4n) is 3.84. The Morgan fingerprint density at radius 1 is 1.06 bits per heavy atom. The second-order valence-corrected chi connectivity index (χ2v) is 7.63. The Kier molecular flexibility index (Phi) is 6.11. The number of rotatable bonds is 6. The van der Waals surface area contributed by atoms with Crippen molar-refractivity contribution >= 4 is 22.8 Å². The number of aliphatic carboxylic acids is 1. The van der Waals surface area contributed by atoms with E-state index in [-0.39, 0.29) is 12.5 Å². The lowest BCUT2D eigenvalue weighted by molar-refractivity contribution is -0.312. The summed E-state index contributed by atoms with van der Waals surface area (Å²) >= 11 is 0. The Hall–Kier alpha value is -3.81. The molecular weight excluding hydrogens is 414 g/mol. The molecule has 1 aromatic heterocycles. The minimum atomic E-state index is -1.07. The highest BCUT2D eigenvalue weighted by Gasteiger charge is 2.23. The highest BCUT2D eigenvalue weighted by Crippen LogP contribution is 2.30. The third kappa shape index (κ3) is 4.59. The van der Waals surface area contributed by atoms with Crippen molar-refractivity contribution in [2.75, 3.05) is 26.8 Å². The van der Waals surface area contributed by atoms with Gasteiger partial charge < -0.3 is 28.7 Å². The maximum absolute atomic E-state index is 12.4. The van der Waals surface area contributed by atoms with E-state index in [1.807, 2.05) is 24.3 Å². The van der Waals surface area contributed by atoms with Crippen molar-refractivity contribution in [2.45, 2.75) is 12.8 Å². The summed E-state index contributed by atoms with van der Waals surface area (Å²) in [4.78, 5) is 37.1. The van der Waals surface area contributed by atoms with Crippen LogP contribution in [0.5, 0.6) is 11.5 Å². The lowest BCUT2D eigenvalue weighted by Gasteiger charge is -2.32. The number of hydrogen-bond acceptors (Lipinski definition) is 7. The van der Waals surface area contributed by atoms with E-state index in [0.29, 0.717) is 43.0 Å². The molecule has 0 spiro atoms. The number of carboxylic acid groups (broad SMARTS) is 1. The summed E-state index contributed by atoms with van der Waals surface area (Å²) in [6.07, 6.45) is 0.757. The molecule has 1 aliphatic heterocycles. The summed E-state index contributed by atoms with van der Waals surface area (Å²) in [7, 11) is 1.59. The Morgan fingerprint density at radius 2 is 1.75 bits per heavy atom. The van der Waals surface area contributed by atoms with E-state index < -0.39 is 17.5 Å². The van der Waals surface area contributed by atoms with Crippen LogP contribution in [0.3, 0.4) is 0 Å². The van der Waals surface area contributed by atoms with Crippen molar-refractivity contribution < 1.29 is 28.6 Å². The van der Waals surface area contributed by atoms with Gasteiger partial charge in [0.1, 0.15) is 17.1 Å². The lowest BCUT2D eigenvalue weighted by Crippen LogP contribution is -2.45. The smallest absolute Gasteiger partial charge is 0.336 e. The number of piperidine rings is 1. The lowest BCUT2D eigenvalue weighted by atomic mass is 9.97. The van der Waals surface area contributed by atoms with E-state index in [1.165, 1.54) is 6.07 Å². The minimum absolute atomic E-state index is 0.191. The van der Waals surface area contributed by atoms with Crippen molar-refractivity contribution in [2.24, 2.45) is 5.92 Å². The van der Waals surface area contributed by atoms with Gasteiger partial charge in [0.15, 0.2) is 6.61 Å². The van der Waals surface area contributed by atoms with E-state index in [9.17, 15) is 19.5 Å². The molecule has 1 amide bonds. The Labute approximate surface area is 184 Å². The monoisotopic (exact) mass is 436 g/mol. The van der Waals surface area contributed by atoms with E-state index in [1.54, 1.807) is 30.2 Å². The molecule has 1 saturated heterocycles. The molecule has 0 aliphatic carbocycles. The summed E-state index contributed by atoms with van der Waals surface area (Å²) in [6, 6.07) is 13.9. The molecule has 1 aliphatic rings. The predicted octanol–water partition coefficient (Wildman–Crippen LogP) is 1.84. The molecule has 2 heterocycles. The number of carbonyl (C=O) groups excluding carboxylic acids is 2. The number of amides is 1. The summed E-state index contributed by atoms with van der Waals surface area (Å²) in [5, 5.41) is 11.7. The Balaban J connectivity index is 1.48. The molecule has 0 saturated carbocycles. The van der Waals surface area contributed by atoms with Crippen LogP contribution in [0.4, 0.5) is 0 Å². The first-order valence-corrected chi connectivity index (χ1v) is 10.3. The van der Waals surface area contributed by atoms with E-state index in [2.05, 4.69) is 0 Å². The van der Waals surface area contributed by atoms with Gasteiger partial charge >= 0.3 is 5.63 Å². The van der Waals surface area contributed by atoms with Gasteiger partial charge in [0.05, 0.1) is 7.11 Å². The highest BCUT2D eigenvalue weighted by molar-refractivity contribution is 5.93. The number of benzene rings is 2. The maximum atomic E-state index is 12.4. The zero-order valence-corrected chi connectivity index (χ0v) is 17.5. The highest BCUT2D eigenvalue weighted by atomic mass is 16.5. The third-order valence-corrected chi connectivity index (χ3v) is 5.66. The Morgan fingerprint density at radius 3 is 2.41 bits per heavy atom. The zero-order chi connectivity index (χ0) is 22.7. The van der Waals surface area contributed by atoms with Crippen molar-refractivity contribution in [3.8, 4) is 22.6 Å². The summed E-state index contributed by atoms with van der Waals surface area (Å²) in [6.45, 7) is 0.529. The fourth-order valence-corrected chi connectivity index (χ4v) is 3.84. The molecular formula is C24H22NO7-. The van der Waals surface area contributed by atoms with Crippen molar-refractivity contribution in [1.29, 1.82) is 0 Å². The molecule has 3 aromatic rings. The second kappa shape index (κ2) is 9.13. The number of likely N-dealkylation sites (tertiary alicyclic amines) is 1. The topological polar surface area (TPSA) is 109 Å². The average molecular weight is 436 g/mol. The van der Waals surface area contributed by atoms with Crippen LogP contribution in [-0.4, -0.2) is 43.6 Å². The largest absolute Gasteiger partial charge is 0.550 e. The molecule has 0 bridgehead atoms. The van der Waals surface area contributed by atoms with Gasteiger partial charge in [-0.3, -0.25) is 4.79 Å². The molecule has 0 unspecified atom stereocenters. The molecule has 8 heteroatoms. The van der Waals surface area contributed by atoms with Gasteiger partial charge in [0.25, 0.3) is 5.91 Å². The summed E-state index contributed by atoms with van der Waals surface area (Å²) < 4.78 is 16.2. The quantitative estimate of drug-likeness (QED) is 0.542. The van der Waals surface area contributed by atoms with Crippen LogP contribution in [0, 0.1) is 5.92 Å². The van der Waals surface area contributed by atoms with Gasteiger partial charge in [0, 0.05) is 42.5 Å². The summed E-state index contributed by atoms with van der Waals surface area (Å²) in [5.41, 5.74) is 1.42. The fraction of sp³-hybridized carbons (Fsp3) is 0.292. The van der Waals surface area contributed by atoms with Crippen LogP contribution in [0.15, 0.2) is 57.7 Å². The van der Waals surface area contributed by atoms with Crippen LogP contribution in [-0.2, 0) is 9.59 Å². The van der Waals surface area contributed by atoms with E-state index in [4.69, 9.17) is 13.9 Å². The maximum Gasteiger partial charge on any atom is 0.336 e. The number of methoxy groups -OCH3 is 1. The number of fused-ring (bicyclic) bond motifs is 1. The zero-order valence-electron chi connectivity index (χ0n) is 17.5. The van der Waals surface area contributed by atoms with Gasteiger partial charge in [-0.2, -0.15) is 0 Å². The molecule has 2 aromatic carbocycles. The van der Waals surface area contributed by atoms with Gasteiger partial charge in [-0.25, -0.2) is 4.79 Å². The molecule has 4 rings (SSSR count). The normalized spacial score (nSPS) is 14.3. The average Bonchev–Trinajstić information content (AvgIpc) is 2.81.